The topological polar surface area (TPSA) is 92.0 Å². The molecular formula is C20H22FN7O. The Kier molecular flexibility index (Phi) is 4.39. The summed E-state index contributed by atoms with van der Waals surface area (Å²) in [4.78, 5) is 10.2. The number of fused-ring (bicyclic) bond motifs is 2. The molecule has 2 aromatic heterocycles. The van der Waals surface area contributed by atoms with Gasteiger partial charge in [-0.15, -0.1) is 10.2 Å². The van der Waals surface area contributed by atoms with Crippen molar-refractivity contribution in [3.8, 4) is 22.7 Å². The van der Waals surface area contributed by atoms with Crippen LogP contribution >= 0.6 is 0 Å². The summed E-state index contributed by atoms with van der Waals surface area (Å²) in [5, 5.41) is 22.2. The van der Waals surface area contributed by atoms with Crippen molar-refractivity contribution in [2.45, 2.75) is 43.6 Å². The number of hydrogen-bond donors (Lipinski definition) is 2. The van der Waals surface area contributed by atoms with Gasteiger partial charge in [0.1, 0.15) is 17.6 Å². The highest BCUT2D eigenvalue weighted by molar-refractivity contribution is 5.68. The van der Waals surface area contributed by atoms with Crippen LogP contribution in [0.4, 0.5) is 10.3 Å². The van der Waals surface area contributed by atoms with Gasteiger partial charge in [-0.3, -0.25) is 0 Å². The number of nitrogens with zero attached hydrogens (tertiary/aromatic N) is 6. The number of phenols is 1. The number of hydrogen-bond acceptors (Lipinski definition) is 7. The summed E-state index contributed by atoms with van der Waals surface area (Å²) >= 11 is 0. The fourth-order valence-electron chi connectivity index (χ4n) is 4.36. The molecule has 2 bridgehead atoms. The molecule has 150 valence electrons. The predicted molar refractivity (Wildman–Crippen MR) is 106 cm³/mol. The zero-order valence-electron chi connectivity index (χ0n) is 16.0. The molecular weight excluding hydrogens is 373 g/mol. The standard InChI is InChI=1S/C20H22FN7O/c1-27(17-8-12-2-5-15(24-12)19(17)21)20-23-10-16(25-26-20)14-4-3-13(9-18(14)29)28-7-6-22-11-28/h3-4,6-7,9-12,15,17,19,24,29H,2,5,8H2,1H3/t12?,15?,17-,19+/m0/s1. The summed E-state index contributed by atoms with van der Waals surface area (Å²) < 4.78 is 16.6. The molecule has 0 aliphatic carbocycles. The summed E-state index contributed by atoms with van der Waals surface area (Å²) in [5.41, 5.74) is 1.78. The second kappa shape index (κ2) is 7.07. The van der Waals surface area contributed by atoms with Crippen molar-refractivity contribution in [3.05, 3.63) is 43.1 Å². The average molecular weight is 395 g/mol. The lowest BCUT2D eigenvalue weighted by Crippen LogP contribution is -2.55. The lowest BCUT2D eigenvalue weighted by atomic mass is 9.97. The van der Waals surface area contributed by atoms with Crippen molar-refractivity contribution >= 4 is 5.95 Å². The van der Waals surface area contributed by atoms with Crippen molar-refractivity contribution in [1.29, 1.82) is 0 Å². The highest BCUT2D eigenvalue weighted by Gasteiger charge is 2.44. The lowest BCUT2D eigenvalue weighted by molar-refractivity contribution is 0.175. The normalized spacial score (nSPS) is 25.9. The first-order valence-corrected chi connectivity index (χ1v) is 9.74. The van der Waals surface area contributed by atoms with Gasteiger partial charge in [-0.05, 0) is 31.4 Å². The van der Waals surface area contributed by atoms with Crippen molar-refractivity contribution in [2.75, 3.05) is 11.9 Å². The molecule has 4 atom stereocenters. The second-order valence-corrected chi connectivity index (χ2v) is 7.72. The molecule has 0 amide bonds. The molecule has 2 aliphatic rings. The number of benzene rings is 1. The first kappa shape index (κ1) is 18.0. The molecule has 8 nitrogen and oxygen atoms in total. The van der Waals surface area contributed by atoms with Gasteiger partial charge >= 0.3 is 0 Å². The van der Waals surface area contributed by atoms with E-state index in [-0.39, 0.29) is 17.8 Å². The van der Waals surface area contributed by atoms with E-state index in [2.05, 4.69) is 25.5 Å². The van der Waals surface area contributed by atoms with E-state index in [9.17, 15) is 9.50 Å². The van der Waals surface area contributed by atoms with Gasteiger partial charge in [0, 0.05) is 43.2 Å². The van der Waals surface area contributed by atoms with E-state index in [1.54, 1.807) is 46.5 Å². The first-order valence-electron chi connectivity index (χ1n) is 9.74. The summed E-state index contributed by atoms with van der Waals surface area (Å²) in [6, 6.07) is 5.28. The number of alkyl halides is 1. The van der Waals surface area contributed by atoms with Crippen LogP contribution in [0, 0.1) is 0 Å². The molecule has 2 unspecified atom stereocenters. The van der Waals surface area contributed by atoms with Gasteiger partial charge in [-0.2, -0.15) is 0 Å². The third kappa shape index (κ3) is 3.21. The smallest absolute Gasteiger partial charge is 0.245 e. The highest BCUT2D eigenvalue weighted by atomic mass is 19.1. The molecule has 2 N–H and O–H groups in total. The van der Waals surface area contributed by atoms with E-state index in [4.69, 9.17) is 0 Å². The minimum atomic E-state index is -0.957. The zero-order valence-corrected chi connectivity index (χ0v) is 16.0. The average Bonchev–Trinajstić information content (AvgIpc) is 3.41. The van der Waals surface area contributed by atoms with Gasteiger partial charge in [0.15, 0.2) is 0 Å². The van der Waals surface area contributed by atoms with Crippen LogP contribution in [-0.4, -0.2) is 61.2 Å². The Morgan fingerprint density at radius 2 is 2.17 bits per heavy atom. The third-order valence-electron chi connectivity index (χ3n) is 5.98. The first-order chi connectivity index (χ1) is 14.1. The molecule has 29 heavy (non-hydrogen) atoms. The summed E-state index contributed by atoms with van der Waals surface area (Å²) in [6.07, 6.45) is 8.36. The lowest BCUT2D eigenvalue weighted by Gasteiger charge is -2.38. The number of aromatic nitrogens is 5. The van der Waals surface area contributed by atoms with Gasteiger partial charge in [0.25, 0.3) is 0 Å². The quantitative estimate of drug-likeness (QED) is 0.699. The number of piperidine rings is 1. The Morgan fingerprint density at radius 3 is 2.90 bits per heavy atom. The Morgan fingerprint density at radius 1 is 1.28 bits per heavy atom. The maximum absolute atomic E-state index is 14.8. The second-order valence-electron chi connectivity index (χ2n) is 7.72. The van der Waals surface area contributed by atoms with Crippen molar-refractivity contribution < 1.29 is 9.50 Å². The molecule has 5 rings (SSSR count). The van der Waals surface area contributed by atoms with Crippen LogP contribution < -0.4 is 10.2 Å². The van der Waals surface area contributed by atoms with Crippen LogP contribution in [0.2, 0.25) is 0 Å². The van der Waals surface area contributed by atoms with E-state index in [0.29, 0.717) is 23.2 Å². The molecule has 0 radical (unpaired) electrons. The van der Waals surface area contributed by atoms with Crippen LogP contribution in [-0.2, 0) is 0 Å². The molecule has 2 aliphatic heterocycles. The number of halogens is 1. The molecule has 1 aromatic carbocycles. The van der Waals surface area contributed by atoms with Crippen LogP contribution in [0.15, 0.2) is 43.1 Å². The number of anilines is 1. The summed E-state index contributed by atoms with van der Waals surface area (Å²) in [5.74, 6) is 0.462. The van der Waals surface area contributed by atoms with Gasteiger partial charge in [0.2, 0.25) is 5.95 Å². The molecule has 2 fully saturated rings. The highest BCUT2D eigenvalue weighted by Crippen LogP contribution is 2.33. The van der Waals surface area contributed by atoms with Crippen molar-refractivity contribution in [2.24, 2.45) is 0 Å². The fourth-order valence-corrected chi connectivity index (χ4v) is 4.36. The third-order valence-corrected chi connectivity index (χ3v) is 5.98. The molecule has 4 heterocycles. The van der Waals surface area contributed by atoms with Crippen LogP contribution in [0.3, 0.4) is 0 Å². The van der Waals surface area contributed by atoms with E-state index in [1.165, 1.54) is 0 Å². The van der Waals surface area contributed by atoms with Crippen molar-refractivity contribution in [1.82, 2.24) is 30.0 Å². The fraction of sp³-hybridized carbons (Fsp3) is 0.400. The van der Waals surface area contributed by atoms with Crippen molar-refractivity contribution in [3.63, 3.8) is 0 Å². The molecule has 3 aromatic rings. The van der Waals surface area contributed by atoms with Gasteiger partial charge < -0.3 is 19.9 Å². The summed E-state index contributed by atoms with van der Waals surface area (Å²) in [7, 11) is 1.82. The Labute approximate surface area is 167 Å². The Balaban J connectivity index is 1.36. The van der Waals surface area contributed by atoms with Crippen LogP contribution in [0.25, 0.3) is 16.9 Å². The largest absolute Gasteiger partial charge is 0.507 e. The number of aromatic hydroxyl groups is 1. The summed E-state index contributed by atoms with van der Waals surface area (Å²) in [6.45, 7) is 0. The van der Waals surface area contributed by atoms with Gasteiger partial charge in [0.05, 0.1) is 24.3 Å². The Bertz CT molecular complexity index is 995. The number of imidazole rings is 1. The van der Waals surface area contributed by atoms with E-state index in [0.717, 1.165) is 24.9 Å². The zero-order chi connectivity index (χ0) is 20.0. The number of nitrogens with one attached hydrogen (secondary N) is 1. The Hall–Kier alpha value is -3.07. The van der Waals surface area contributed by atoms with E-state index < -0.39 is 6.17 Å². The predicted octanol–water partition coefficient (Wildman–Crippen LogP) is 2.10. The van der Waals surface area contributed by atoms with Gasteiger partial charge in [-0.1, -0.05) is 0 Å². The van der Waals surface area contributed by atoms with Crippen LogP contribution in [0.5, 0.6) is 5.75 Å². The maximum Gasteiger partial charge on any atom is 0.245 e. The number of phenolic OH excluding ortho intramolecular Hbond substituents is 1. The SMILES string of the molecule is CN(c1ncc(-c2ccc(-n3ccnc3)cc2O)nn1)[C@H]1CC2CCC(N2)[C@H]1F. The molecule has 0 saturated carbocycles. The van der Waals surface area contributed by atoms with Crippen LogP contribution in [0.1, 0.15) is 19.3 Å². The molecule has 0 spiro atoms. The van der Waals surface area contributed by atoms with Gasteiger partial charge in [-0.25, -0.2) is 14.4 Å². The minimum Gasteiger partial charge on any atom is -0.507 e. The molecule has 9 heteroatoms. The van der Waals surface area contributed by atoms with E-state index in [1.807, 2.05) is 13.1 Å². The minimum absolute atomic E-state index is 0.0761. The molecule has 2 saturated heterocycles. The van der Waals surface area contributed by atoms with E-state index >= 15 is 0 Å². The monoisotopic (exact) mass is 395 g/mol. The maximum atomic E-state index is 14.8. The number of rotatable bonds is 4.